The second-order valence-electron chi connectivity index (χ2n) is 17.1. The molecule has 0 radical (unpaired) electrons. The first-order valence-corrected chi connectivity index (χ1v) is 25.9. The number of allylic oxidation sites excluding steroid dienone is 6. The maximum atomic E-state index is 12.9. The molecule has 21 heteroatoms. The molecule has 0 saturated carbocycles. The number of aliphatic imine (C=N–C) groups is 1. The number of fused-ring (bicyclic) bond motifs is 2. The van der Waals surface area contributed by atoms with Gasteiger partial charge in [-0.1, -0.05) is 61.9 Å². The summed E-state index contributed by atoms with van der Waals surface area (Å²) >= 11 is 6.53. The van der Waals surface area contributed by atoms with Gasteiger partial charge in [0.15, 0.2) is 5.71 Å². The van der Waals surface area contributed by atoms with Crippen molar-refractivity contribution in [2.24, 2.45) is 4.99 Å². The van der Waals surface area contributed by atoms with Crippen molar-refractivity contribution in [2.75, 3.05) is 36.0 Å². The Hall–Kier alpha value is -5.35. The number of halogens is 1. The summed E-state index contributed by atoms with van der Waals surface area (Å²) in [7, 11) is -13.3. The Balaban J connectivity index is 1.37. The van der Waals surface area contributed by atoms with Gasteiger partial charge in [0.25, 0.3) is 32.1 Å². The lowest BCUT2D eigenvalue weighted by atomic mass is 9.81. The summed E-state index contributed by atoms with van der Waals surface area (Å²) in [6.45, 7) is 8.07. The van der Waals surface area contributed by atoms with Crippen LogP contribution in [0.3, 0.4) is 0 Å². The summed E-state index contributed by atoms with van der Waals surface area (Å²) in [5.41, 5.74) is 3.79. The van der Waals surface area contributed by atoms with E-state index >= 15 is 0 Å². The molecule has 0 bridgehead atoms. The Morgan fingerprint density at radius 2 is 1.61 bits per heavy atom. The Labute approximate surface area is 389 Å². The molecule has 0 saturated heterocycles. The minimum absolute atomic E-state index is 0.0235. The third-order valence-electron chi connectivity index (χ3n) is 11.7. The average molecular weight is 985 g/mol. The van der Waals surface area contributed by atoms with E-state index in [4.69, 9.17) is 16.6 Å². The first kappa shape index (κ1) is 50.1. The Bertz CT molecular complexity index is 2960. The lowest BCUT2D eigenvalue weighted by molar-refractivity contribution is -0.684. The number of benzene rings is 2. The molecule has 1 aromatic heterocycles. The van der Waals surface area contributed by atoms with Crippen molar-refractivity contribution >= 4 is 82.5 Å². The number of amides is 3. The first-order valence-electron chi connectivity index (χ1n) is 20.9. The van der Waals surface area contributed by atoms with Crippen molar-refractivity contribution in [1.82, 2.24) is 10.2 Å². The number of anilines is 1. The number of carbonyl (C=O) groups excluding carboxylic acids is 3. The second kappa shape index (κ2) is 19.5. The maximum absolute atomic E-state index is 12.9. The summed E-state index contributed by atoms with van der Waals surface area (Å²) in [6, 6.07) is 13.5. The van der Waals surface area contributed by atoms with Crippen LogP contribution in [-0.2, 0) is 68.5 Å². The number of hydrogen-bond donors (Lipinski definition) is 3. The quantitative estimate of drug-likeness (QED) is 0.0636. The van der Waals surface area contributed by atoms with Gasteiger partial charge in [0, 0.05) is 60.8 Å². The van der Waals surface area contributed by atoms with Gasteiger partial charge in [-0.25, -0.2) is 13.0 Å². The van der Waals surface area contributed by atoms with Crippen molar-refractivity contribution in [1.29, 1.82) is 0 Å². The summed E-state index contributed by atoms with van der Waals surface area (Å²) in [5.74, 6) is -1.70. The number of nitrogens with zero attached hydrogens (tertiary/aromatic N) is 4. The van der Waals surface area contributed by atoms with Gasteiger partial charge in [-0.3, -0.25) is 28.4 Å². The van der Waals surface area contributed by atoms with Crippen LogP contribution in [0.5, 0.6) is 0 Å². The summed E-state index contributed by atoms with van der Waals surface area (Å²) in [4.78, 5) is 44.2. The number of rotatable bonds is 19. The van der Waals surface area contributed by atoms with Crippen LogP contribution in [0.4, 0.5) is 11.5 Å². The maximum Gasteiger partial charge on any atom is 0.327 e. The van der Waals surface area contributed by atoms with Crippen LogP contribution in [0.1, 0.15) is 69.2 Å². The minimum Gasteiger partial charge on any atom is -0.748 e. The second-order valence-corrected chi connectivity index (χ2v) is 22.1. The van der Waals surface area contributed by atoms with Gasteiger partial charge in [-0.05, 0) is 96.8 Å². The molecule has 2 aromatic carbocycles. The van der Waals surface area contributed by atoms with Gasteiger partial charge in [-0.15, -0.1) is 0 Å². The van der Waals surface area contributed by atoms with Crippen LogP contribution in [0.15, 0.2) is 107 Å². The lowest BCUT2D eigenvalue weighted by Gasteiger charge is -2.27. The fourth-order valence-electron chi connectivity index (χ4n) is 8.17. The number of aryl methyl sites for hydroxylation is 2. The number of aromatic nitrogens is 1. The molecule has 352 valence electrons. The zero-order valence-corrected chi connectivity index (χ0v) is 39.8. The van der Waals surface area contributed by atoms with E-state index in [0.29, 0.717) is 45.5 Å². The molecular weight excluding hydrogens is 934 g/mol. The molecule has 0 spiro atoms. The topological polar surface area (TPSA) is 252 Å². The molecule has 0 atom stereocenters. The summed E-state index contributed by atoms with van der Waals surface area (Å²) in [6.07, 6.45) is 11.9. The molecule has 0 unspecified atom stereocenters. The zero-order valence-electron chi connectivity index (χ0n) is 36.6. The van der Waals surface area contributed by atoms with Crippen molar-refractivity contribution in [3.63, 3.8) is 0 Å². The average Bonchev–Trinajstić information content (AvgIpc) is 3.75. The van der Waals surface area contributed by atoms with E-state index in [1.807, 2.05) is 81.2 Å². The molecule has 4 heterocycles. The molecule has 3 aliphatic heterocycles. The highest BCUT2D eigenvalue weighted by Crippen LogP contribution is 2.49. The zero-order chi connectivity index (χ0) is 48.4. The lowest BCUT2D eigenvalue weighted by Crippen LogP contribution is -2.38. The van der Waals surface area contributed by atoms with Crippen LogP contribution >= 0.6 is 11.6 Å². The monoisotopic (exact) mass is 983 g/mol. The van der Waals surface area contributed by atoms with Gasteiger partial charge in [0.1, 0.15) is 6.20 Å². The summed E-state index contributed by atoms with van der Waals surface area (Å²) < 4.78 is 103. The van der Waals surface area contributed by atoms with E-state index in [0.717, 1.165) is 21.6 Å². The van der Waals surface area contributed by atoms with Crippen molar-refractivity contribution in [3.05, 3.63) is 124 Å². The fraction of sp³-hybridized carbons (Fsp3) is 0.356. The normalized spacial score (nSPS) is 17.5. The van der Waals surface area contributed by atoms with Crippen LogP contribution in [0, 0.1) is 0 Å². The molecule has 6 rings (SSSR count). The van der Waals surface area contributed by atoms with Crippen molar-refractivity contribution < 1.29 is 57.9 Å². The van der Waals surface area contributed by atoms with Crippen LogP contribution in [-0.4, -0.2) is 98.4 Å². The predicted molar refractivity (Wildman–Crippen MR) is 247 cm³/mol. The smallest absolute Gasteiger partial charge is 0.327 e. The van der Waals surface area contributed by atoms with E-state index < -0.39 is 64.5 Å². The van der Waals surface area contributed by atoms with Crippen molar-refractivity contribution in [3.8, 4) is 0 Å². The van der Waals surface area contributed by atoms with Gasteiger partial charge in [0.2, 0.25) is 5.91 Å². The number of pyridine rings is 1. The molecule has 3 amide bonds. The SMILES string of the molecule is CC1(C)C(/C=C/C(=C/C=C2/N(CCCS(=O)(=O)O)c3ccc(S(=O)(=O)O)cc3C2(C)C)c2cccc(CCC(=O)NCCN3C(=O)C=CC3=O)c2)=Nc2c1cc(Cl)c[n+]2CCCS(=O)(=O)[O-]. The first-order chi connectivity index (χ1) is 30.7. The number of imide groups is 1. The van der Waals surface area contributed by atoms with Crippen LogP contribution in [0.2, 0.25) is 5.02 Å². The molecule has 3 aromatic rings. The molecule has 3 N–H and O–H groups in total. The van der Waals surface area contributed by atoms with E-state index in [1.165, 1.54) is 30.4 Å². The Morgan fingerprint density at radius 3 is 2.27 bits per heavy atom. The fourth-order valence-corrected chi connectivity index (χ4v) is 9.88. The third-order valence-corrected chi connectivity index (χ3v) is 14.3. The van der Waals surface area contributed by atoms with Gasteiger partial charge >= 0.3 is 5.82 Å². The highest BCUT2D eigenvalue weighted by molar-refractivity contribution is 7.86. The number of nitrogens with one attached hydrogen (secondary N) is 1. The van der Waals surface area contributed by atoms with Crippen LogP contribution < -0.4 is 14.8 Å². The van der Waals surface area contributed by atoms with E-state index in [2.05, 4.69) is 5.32 Å². The highest BCUT2D eigenvalue weighted by Gasteiger charge is 2.43. The molecule has 0 fully saturated rings. The Kier molecular flexibility index (Phi) is 14.8. The molecule has 17 nitrogen and oxygen atoms in total. The van der Waals surface area contributed by atoms with E-state index in [9.17, 15) is 53.3 Å². The molecule has 0 aliphatic carbocycles. The predicted octanol–water partition coefficient (Wildman–Crippen LogP) is 4.75. The van der Waals surface area contributed by atoms with Crippen molar-refractivity contribution in [2.45, 2.75) is 75.6 Å². The summed E-state index contributed by atoms with van der Waals surface area (Å²) in [5, 5.41) is 3.14. The third kappa shape index (κ3) is 12.0. The molecular formula is C45H50ClN5O12S3. The highest BCUT2D eigenvalue weighted by atomic mass is 35.5. The van der Waals surface area contributed by atoms with Gasteiger partial charge in [-0.2, -0.15) is 16.8 Å². The van der Waals surface area contributed by atoms with Gasteiger partial charge in [0.05, 0.1) is 43.3 Å². The number of hydrogen-bond acceptors (Lipinski definition) is 12. The number of carbonyl (C=O) groups is 3. The standard InChI is InChI=1S/C45H50ClN5O12S3/c1-44(2)36-27-33(46)29-49(21-6-24-64(55,56)57)43(36)48-38(44)15-11-31(32-9-5-8-30(26-32)10-17-40(52)47-20-23-51-41(53)18-19-42(51)54)12-16-39-45(3,4)35-28-34(66(61,62)63)13-14-37(35)50(39)22-7-25-65(58,59)60/h5,8-9,11-16,18-19,26-29H,6-7,10,17,20-25H2,1-4H3,(H3-,47,52,55,56,57,58,59,60,61,62,63). The molecule has 66 heavy (non-hydrogen) atoms. The largest absolute Gasteiger partial charge is 0.748 e. The van der Waals surface area contributed by atoms with E-state index in [1.54, 1.807) is 16.8 Å². The minimum atomic E-state index is -4.58. The van der Waals surface area contributed by atoms with Crippen LogP contribution in [0.25, 0.3) is 5.57 Å². The van der Waals surface area contributed by atoms with Gasteiger partial charge < -0.3 is 14.8 Å². The molecule has 3 aliphatic rings. The Morgan fingerprint density at radius 1 is 0.894 bits per heavy atom. The van der Waals surface area contributed by atoms with E-state index in [-0.39, 0.29) is 56.2 Å².